The Hall–Kier alpha value is -0.790. The van der Waals surface area contributed by atoms with E-state index in [2.05, 4.69) is 6.58 Å². The van der Waals surface area contributed by atoms with Gasteiger partial charge in [0.1, 0.15) is 0 Å². The van der Waals surface area contributed by atoms with Crippen molar-refractivity contribution < 1.29 is 4.79 Å². The first-order valence-electron chi connectivity index (χ1n) is 3.07. The average Bonchev–Trinajstić information content (AvgIpc) is 1.89. The number of hydrogen-bond acceptors (Lipinski definition) is 1. The van der Waals surface area contributed by atoms with Crippen molar-refractivity contribution >= 4 is 5.91 Å². The molecule has 2 atom stereocenters. The van der Waals surface area contributed by atoms with Crippen LogP contribution in [0.1, 0.15) is 6.92 Å². The van der Waals surface area contributed by atoms with Gasteiger partial charge in [0.15, 0.2) is 0 Å². The maximum absolute atomic E-state index is 10.8. The molecule has 0 unspecified atom stereocenters. The lowest BCUT2D eigenvalue weighted by Gasteiger charge is -2.41. The summed E-state index contributed by atoms with van der Waals surface area (Å²) in [6, 6.07) is 0.275. The van der Waals surface area contributed by atoms with E-state index >= 15 is 0 Å². The van der Waals surface area contributed by atoms with Gasteiger partial charge in [0.05, 0.1) is 12.0 Å². The van der Waals surface area contributed by atoms with Crippen molar-refractivity contribution in [3.8, 4) is 0 Å². The molecule has 0 aromatic carbocycles. The Morgan fingerprint density at radius 2 is 2.33 bits per heavy atom. The van der Waals surface area contributed by atoms with Crippen molar-refractivity contribution in [3.05, 3.63) is 12.7 Å². The third-order valence-electron chi connectivity index (χ3n) is 1.94. The van der Waals surface area contributed by atoms with Gasteiger partial charge in [-0.1, -0.05) is 13.0 Å². The van der Waals surface area contributed by atoms with E-state index in [1.165, 1.54) is 0 Å². The third-order valence-corrected chi connectivity index (χ3v) is 1.94. The highest BCUT2D eigenvalue weighted by Gasteiger charge is 2.38. The first-order valence-corrected chi connectivity index (χ1v) is 3.07. The lowest BCUT2D eigenvalue weighted by atomic mass is 9.90. The molecular formula is C7H11NO. The summed E-state index contributed by atoms with van der Waals surface area (Å²) >= 11 is 0. The molecule has 50 valence electrons. The number of rotatable bonds is 1. The van der Waals surface area contributed by atoms with Crippen LogP contribution < -0.4 is 0 Å². The molecule has 0 aromatic heterocycles. The molecule has 0 radical (unpaired) electrons. The van der Waals surface area contributed by atoms with Crippen LogP contribution in [-0.2, 0) is 4.79 Å². The quantitative estimate of drug-likeness (QED) is 0.372. The molecule has 2 nitrogen and oxygen atoms in total. The molecule has 0 saturated carbocycles. The number of likely N-dealkylation sites (tertiary alicyclic amines) is 1. The SMILES string of the molecule is C=C[C@H]1[C@@H](C)C(=O)N1C. The Morgan fingerprint density at radius 3 is 2.56 bits per heavy atom. The molecule has 1 heterocycles. The lowest BCUT2D eigenvalue weighted by molar-refractivity contribution is -0.148. The topological polar surface area (TPSA) is 20.3 Å². The first-order chi connectivity index (χ1) is 4.18. The van der Waals surface area contributed by atoms with Crippen LogP contribution in [0.25, 0.3) is 0 Å². The minimum absolute atomic E-state index is 0.160. The molecule has 1 saturated heterocycles. The van der Waals surface area contributed by atoms with Gasteiger partial charge < -0.3 is 4.90 Å². The third kappa shape index (κ3) is 0.661. The number of amides is 1. The molecule has 1 aliphatic heterocycles. The van der Waals surface area contributed by atoms with E-state index in [1.54, 1.807) is 11.9 Å². The minimum atomic E-state index is 0.160. The van der Waals surface area contributed by atoms with Crippen LogP contribution in [0, 0.1) is 5.92 Å². The fourth-order valence-electron chi connectivity index (χ4n) is 1.23. The van der Waals surface area contributed by atoms with Gasteiger partial charge in [0, 0.05) is 7.05 Å². The monoisotopic (exact) mass is 125 g/mol. The van der Waals surface area contributed by atoms with Gasteiger partial charge in [0.2, 0.25) is 5.91 Å². The molecule has 0 N–H and O–H groups in total. The van der Waals surface area contributed by atoms with Crippen LogP contribution in [-0.4, -0.2) is 23.9 Å². The number of nitrogens with zero attached hydrogens (tertiary/aromatic N) is 1. The Morgan fingerprint density at radius 1 is 1.78 bits per heavy atom. The number of carbonyl (C=O) groups excluding carboxylic acids is 1. The second-order valence-corrected chi connectivity index (χ2v) is 2.46. The molecule has 0 spiro atoms. The number of hydrogen-bond donors (Lipinski definition) is 0. The Bertz CT molecular complexity index is 141. The Kier molecular flexibility index (Phi) is 1.31. The molecule has 1 fully saturated rings. The van der Waals surface area contributed by atoms with Gasteiger partial charge in [-0.25, -0.2) is 0 Å². The van der Waals surface area contributed by atoms with Crippen LogP contribution in [0.3, 0.4) is 0 Å². The zero-order valence-corrected chi connectivity index (χ0v) is 5.79. The molecule has 0 aliphatic carbocycles. The largest absolute Gasteiger partial charge is 0.338 e. The van der Waals surface area contributed by atoms with Crippen molar-refractivity contribution in [1.82, 2.24) is 4.90 Å². The summed E-state index contributed by atoms with van der Waals surface area (Å²) in [6.07, 6.45) is 1.81. The van der Waals surface area contributed by atoms with Crippen molar-refractivity contribution in [3.63, 3.8) is 0 Å². The zero-order chi connectivity index (χ0) is 7.02. The fraction of sp³-hybridized carbons (Fsp3) is 0.571. The molecule has 1 rings (SSSR count). The molecule has 1 aliphatic rings. The fourth-order valence-corrected chi connectivity index (χ4v) is 1.23. The average molecular weight is 125 g/mol. The van der Waals surface area contributed by atoms with Gasteiger partial charge in [-0.3, -0.25) is 4.79 Å². The molecular weight excluding hydrogens is 114 g/mol. The highest BCUT2D eigenvalue weighted by molar-refractivity contribution is 5.86. The van der Waals surface area contributed by atoms with Crippen molar-refractivity contribution in [1.29, 1.82) is 0 Å². The summed E-state index contributed by atoms with van der Waals surface area (Å²) in [7, 11) is 1.80. The minimum Gasteiger partial charge on any atom is -0.338 e. The normalized spacial score (nSPS) is 34.0. The van der Waals surface area contributed by atoms with Crippen LogP contribution in [0.15, 0.2) is 12.7 Å². The molecule has 2 heteroatoms. The Balaban J connectivity index is 2.61. The van der Waals surface area contributed by atoms with Crippen molar-refractivity contribution in [2.45, 2.75) is 13.0 Å². The highest BCUT2D eigenvalue weighted by atomic mass is 16.2. The van der Waals surface area contributed by atoms with Crippen molar-refractivity contribution in [2.24, 2.45) is 5.92 Å². The predicted octanol–water partition coefficient (Wildman–Crippen LogP) is 0.649. The number of β-lactam (4-membered cyclic amide) rings is 1. The van der Waals surface area contributed by atoms with E-state index < -0.39 is 0 Å². The van der Waals surface area contributed by atoms with Crippen LogP contribution in [0.2, 0.25) is 0 Å². The van der Waals surface area contributed by atoms with Crippen LogP contribution in [0.5, 0.6) is 0 Å². The smallest absolute Gasteiger partial charge is 0.228 e. The Labute approximate surface area is 55.2 Å². The van der Waals surface area contributed by atoms with E-state index in [4.69, 9.17) is 0 Å². The predicted molar refractivity (Wildman–Crippen MR) is 35.9 cm³/mol. The van der Waals surface area contributed by atoms with Crippen LogP contribution in [0.4, 0.5) is 0 Å². The lowest BCUT2D eigenvalue weighted by Crippen LogP contribution is -2.56. The summed E-state index contributed by atoms with van der Waals surface area (Å²) in [6.45, 7) is 5.55. The first kappa shape index (κ1) is 6.33. The van der Waals surface area contributed by atoms with Gasteiger partial charge >= 0.3 is 0 Å². The second-order valence-electron chi connectivity index (χ2n) is 2.46. The van der Waals surface area contributed by atoms with E-state index in [1.807, 2.05) is 13.0 Å². The summed E-state index contributed by atoms with van der Waals surface area (Å²) in [4.78, 5) is 12.5. The van der Waals surface area contributed by atoms with Crippen LogP contribution >= 0.6 is 0 Å². The maximum Gasteiger partial charge on any atom is 0.228 e. The van der Waals surface area contributed by atoms with Gasteiger partial charge in [0.25, 0.3) is 0 Å². The molecule has 0 aromatic rings. The van der Waals surface area contributed by atoms with Gasteiger partial charge in [-0.15, -0.1) is 6.58 Å². The number of likely N-dealkylation sites (N-methyl/N-ethyl adjacent to an activating group) is 1. The van der Waals surface area contributed by atoms with Gasteiger partial charge in [-0.2, -0.15) is 0 Å². The van der Waals surface area contributed by atoms with E-state index in [0.29, 0.717) is 0 Å². The van der Waals surface area contributed by atoms with Gasteiger partial charge in [-0.05, 0) is 0 Å². The van der Waals surface area contributed by atoms with E-state index in [9.17, 15) is 4.79 Å². The molecule has 9 heavy (non-hydrogen) atoms. The van der Waals surface area contributed by atoms with Crippen molar-refractivity contribution in [2.75, 3.05) is 7.05 Å². The zero-order valence-electron chi connectivity index (χ0n) is 5.79. The van der Waals surface area contributed by atoms with E-state index in [0.717, 1.165) is 0 Å². The molecule has 1 amide bonds. The summed E-state index contributed by atoms with van der Waals surface area (Å²) in [5, 5.41) is 0. The molecule has 0 bridgehead atoms. The summed E-state index contributed by atoms with van der Waals surface area (Å²) in [5.41, 5.74) is 0. The summed E-state index contributed by atoms with van der Waals surface area (Å²) < 4.78 is 0. The standard InChI is InChI=1S/C7H11NO/c1-4-6-5(2)7(9)8(6)3/h4-6H,1H2,2-3H3/t5-,6+/m1/s1. The maximum atomic E-state index is 10.8. The second kappa shape index (κ2) is 1.87. The highest BCUT2D eigenvalue weighted by Crippen LogP contribution is 2.24. The number of carbonyl (C=O) groups is 1. The van der Waals surface area contributed by atoms with E-state index in [-0.39, 0.29) is 17.9 Å². The summed E-state index contributed by atoms with van der Waals surface area (Å²) in [5.74, 6) is 0.382.